The van der Waals surface area contributed by atoms with Crippen molar-refractivity contribution in [2.24, 2.45) is 0 Å². The van der Waals surface area contributed by atoms with Crippen LogP contribution < -0.4 is 5.32 Å². The lowest BCUT2D eigenvalue weighted by atomic mass is 9.88. The zero-order valence-electron chi connectivity index (χ0n) is 8.55. The van der Waals surface area contributed by atoms with Gasteiger partial charge in [0.2, 0.25) is 0 Å². The summed E-state index contributed by atoms with van der Waals surface area (Å²) in [6, 6.07) is 3.50. The van der Waals surface area contributed by atoms with E-state index in [1.807, 2.05) is 6.07 Å². The lowest BCUT2D eigenvalue weighted by Crippen LogP contribution is -2.26. The third-order valence-corrected chi connectivity index (χ3v) is 3.33. The van der Waals surface area contributed by atoms with E-state index < -0.39 is 0 Å². The summed E-state index contributed by atoms with van der Waals surface area (Å²) in [5.41, 5.74) is 3.29. The molecule has 2 aliphatic heterocycles. The number of ether oxygens (including phenoxy) is 1. The molecular weight excluding hydrogens is 193 g/mol. The standard InChI is InChI=1S/C12H14FNO/c13-11-2-1-8-3-4-14-5-9-6-15-7-10(11)12(8)9/h1-2,9,14H,3-7H2. The van der Waals surface area contributed by atoms with Crippen molar-refractivity contribution in [2.45, 2.75) is 18.9 Å². The first-order valence-electron chi connectivity index (χ1n) is 5.45. The molecule has 0 saturated heterocycles. The summed E-state index contributed by atoms with van der Waals surface area (Å²) in [5, 5.41) is 3.37. The normalized spacial score (nSPS) is 24.5. The Bertz CT molecular complexity index is 391. The van der Waals surface area contributed by atoms with Crippen molar-refractivity contribution in [3.05, 3.63) is 34.6 Å². The first-order valence-corrected chi connectivity index (χ1v) is 5.45. The van der Waals surface area contributed by atoms with Crippen LogP contribution in [0.4, 0.5) is 4.39 Å². The van der Waals surface area contributed by atoms with Crippen LogP contribution in [0.3, 0.4) is 0 Å². The van der Waals surface area contributed by atoms with Gasteiger partial charge in [0.25, 0.3) is 0 Å². The molecular formula is C12H14FNO. The highest BCUT2D eigenvalue weighted by Crippen LogP contribution is 2.32. The summed E-state index contributed by atoms with van der Waals surface area (Å²) in [7, 11) is 0. The molecule has 1 unspecified atom stereocenters. The monoisotopic (exact) mass is 207 g/mol. The molecule has 1 aromatic rings. The van der Waals surface area contributed by atoms with E-state index in [9.17, 15) is 4.39 Å². The average molecular weight is 207 g/mol. The van der Waals surface area contributed by atoms with Gasteiger partial charge in [-0.25, -0.2) is 4.39 Å². The first-order chi connectivity index (χ1) is 7.36. The van der Waals surface area contributed by atoms with Crippen molar-refractivity contribution in [2.75, 3.05) is 19.7 Å². The van der Waals surface area contributed by atoms with Crippen molar-refractivity contribution in [1.29, 1.82) is 0 Å². The van der Waals surface area contributed by atoms with Gasteiger partial charge in [-0.1, -0.05) is 6.07 Å². The van der Waals surface area contributed by atoms with E-state index in [1.165, 1.54) is 11.1 Å². The van der Waals surface area contributed by atoms with Crippen LogP contribution in [0.2, 0.25) is 0 Å². The van der Waals surface area contributed by atoms with Gasteiger partial charge in [-0.15, -0.1) is 0 Å². The smallest absolute Gasteiger partial charge is 0.129 e. The number of benzene rings is 1. The molecule has 0 fully saturated rings. The molecule has 0 bridgehead atoms. The maximum atomic E-state index is 13.6. The van der Waals surface area contributed by atoms with Crippen LogP contribution in [0.5, 0.6) is 0 Å². The van der Waals surface area contributed by atoms with Crippen LogP contribution in [0.1, 0.15) is 22.6 Å². The van der Waals surface area contributed by atoms with Crippen molar-refractivity contribution in [1.82, 2.24) is 5.32 Å². The average Bonchev–Trinajstić information content (AvgIpc) is 2.47. The minimum atomic E-state index is -0.111. The Morgan fingerprint density at radius 3 is 3.27 bits per heavy atom. The van der Waals surface area contributed by atoms with E-state index >= 15 is 0 Å². The molecule has 2 nitrogen and oxygen atoms in total. The quantitative estimate of drug-likeness (QED) is 0.697. The molecule has 0 saturated carbocycles. The summed E-state index contributed by atoms with van der Waals surface area (Å²) in [6.07, 6.45) is 0.999. The zero-order chi connectivity index (χ0) is 10.3. The number of hydrogen-bond donors (Lipinski definition) is 1. The Labute approximate surface area is 88.4 Å². The molecule has 1 aromatic carbocycles. The molecule has 1 N–H and O–H groups in total. The Hall–Kier alpha value is -0.930. The molecule has 3 heteroatoms. The molecule has 2 aliphatic rings. The number of nitrogens with one attached hydrogen (secondary N) is 1. The Morgan fingerprint density at radius 1 is 1.40 bits per heavy atom. The summed E-state index contributed by atoms with van der Waals surface area (Å²) in [4.78, 5) is 0. The maximum Gasteiger partial charge on any atom is 0.129 e. The van der Waals surface area contributed by atoms with Gasteiger partial charge in [0, 0.05) is 18.0 Å². The van der Waals surface area contributed by atoms with Crippen LogP contribution in [-0.2, 0) is 17.8 Å². The Balaban J connectivity index is 2.18. The molecule has 0 spiro atoms. The van der Waals surface area contributed by atoms with Crippen molar-refractivity contribution < 1.29 is 9.13 Å². The van der Waals surface area contributed by atoms with Crippen molar-refractivity contribution in [3.8, 4) is 0 Å². The van der Waals surface area contributed by atoms with Gasteiger partial charge in [0.15, 0.2) is 0 Å². The van der Waals surface area contributed by atoms with Crippen LogP contribution in [0.25, 0.3) is 0 Å². The molecule has 0 aromatic heterocycles. The Kier molecular flexibility index (Phi) is 2.22. The lowest BCUT2D eigenvalue weighted by Gasteiger charge is -2.26. The van der Waals surface area contributed by atoms with E-state index in [0.29, 0.717) is 12.5 Å². The van der Waals surface area contributed by atoms with Gasteiger partial charge >= 0.3 is 0 Å². The van der Waals surface area contributed by atoms with E-state index in [-0.39, 0.29) is 5.82 Å². The molecule has 0 aliphatic carbocycles. The third-order valence-electron chi connectivity index (χ3n) is 3.33. The van der Waals surface area contributed by atoms with Gasteiger partial charge < -0.3 is 10.1 Å². The van der Waals surface area contributed by atoms with E-state index in [2.05, 4.69) is 5.32 Å². The minimum Gasteiger partial charge on any atom is -0.376 e. The van der Waals surface area contributed by atoms with E-state index in [4.69, 9.17) is 4.74 Å². The zero-order valence-corrected chi connectivity index (χ0v) is 8.55. The number of halogens is 1. The molecule has 0 amide bonds. The summed E-state index contributed by atoms with van der Waals surface area (Å²) < 4.78 is 19.1. The predicted molar refractivity (Wildman–Crippen MR) is 55.4 cm³/mol. The highest BCUT2D eigenvalue weighted by Gasteiger charge is 2.27. The molecule has 1 atom stereocenters. The number of hydrogen-bond acceptors (Lipinski definition) is 2. The van der Waals surface area contributed by atoms with Gasteiger partial charge in [0.05, 0.1) is 13.2 Å². The van der Waals surface area contributed by atoms with Gasteiger partial charge in [-0.05, 0) is 30.2 Å². The van der Waals surface area contributed by atoms with Crippen molar-refractivity contribution in [3.63, 3.8) is 0 Å². The molecule has 2 heterocycles. The highest BCUT2D eigenvalue weighted by atomic mass is 19.1. The van der Waals surface area contributed by atoms with Crippen LogP contribution >= 0.6 is 0 Å². The van der Waals surface area contributed by atoms with Crippen LogP contribution in [0.15, 0.2) is 12.1 Å². The van der Waals surface area contributed by atoms with Crippen LogP contribution in [-0.4, -0.2) is 19.7 Å². The van der Waals surface area contributed by atoms with Gasteiger partial charge in [0.1, 0.15) is 5.82 Å². The first kappa shape index (κ1) is 9.31. The predicted octanol–water partition coefficient (Wildman–Crippen LogP) is 1.59. The summed E-state index contributed by atoms with van der Waals surface area (Å²) in [5.74, 6) is 0.224. The Morgan fingerprint density at radius 2 is 2.33 bits per heavy atom. The molecule has 3 rings (SSSR count). The molecule has 80 valence electrons. The second-order valence-corrected chi connectivity index (χ2v) is 4.26. The summed E-state index contributed by atoms with van der Waals surface area (Å²) >= 11 is 0. The minimum absolute atomic E-state index is 0.111. The van der Waals surface area contributed by atoms with Crippen molar-refractivity contribution >= 4 is 0 Å². The van der Waals surface area contributed by atoms with Gasteiger partial charge in [-0.2, -0.15) is 0 Å². The second-order valence-electron chi connectivity index (χ2n) is 4.26. The summed E-state index contributed by atoms with van der Waals surface area (Å²) in [6.45, 7) is 3.04. The van der Waals surface area contributed by atoms with E-state index in [1.54, 1.807) is 6.07 Å². The van der Waals surface area contributed by atoms with E-state index in [0.717, 1.165) is 31.7 Å². The second kappa shape index (κ2) is 3.58. The fourth-order valence-corrected chi connectivity index (χ4v) is 2.61. The SMILES string of the molecule is Fc1ccc2c3c1COCC3CNCC2. The molecule has 15 heavy (non-hydrogen) atoms. The number of rotatable bonds is 0. The fraction of sp³-hybridized carbons (Fsp3) is 0.500. The van der Waals surface area contributed by atoms with Crippen LogP contribution in [0, 0.1) is 5.82 Å². The largest absolute Gasteiger partial charge is 0.376 e. The maximum absolute atomic E-state index is 13.6. The lowest BCUT2D eigenvalue weighted by molar-refractivity contribution is 0.0885. The molecule has 0 radical (unpaired) electrons. The highest BCUT2D eigenvalue weighted by molar-refractivity contribution is 5.41. The third kappa shape index (κ3) is 1.46. The fourth-order valence-electron chi connectivity index (χ4n) is 2.61. The van der Waals surface area contributed by atoms with Gasteiger partial charge in [-0.3, -0.25) is 0 Å². The topological polar surface area (TPSA) is 21.3 Å².